The van der Waals surface area contributed by atoms with Crippen molar-refractivity contribution >= 4 is 17.3 Å². The van der Waals surface area contributed by atoms with E-state index in [0.717, 1.165) is 29.5 Å². The normalized spacial score (nSPS) is 19.4. The number of methoxy groups -OCH3 is 1. The molecule has 4 heteroatoms. The molecular weight excluding hydrogens is 236 g/mol. The summed E-state index contributed by atoms with van der Waals surface area (Å²) in [6, 6.07) is 6.39. The van der Waals surface area contributed by atoms with Gasteiger partial charge in [0.2, 0.25) is 0 Å². The summed E-state index contributed by atoms with van der Waals surface area (Å²) in [5, 5.41) is 4.23. The minimum atomic E-state index is 0.582. The van der Waals surface area contributed by atoms with Gasteiger partial charge in [-0.2, -0.15) is 0 Å². The van der Waals surface area contributed by atoms with E-state index in [1.54, 1.807) is 7.11 Å². The highest BCUT2D eigenvalue weighted by Gasteiger charge is 2.17. The Hall–Kier alpha value is -0.930. The number of anilines is 1. The summed E-state index contributed by atoms with van der Waals surface area (Å²) >= 11 is 6.25. The fourth-order valence-electron chi connectivity index (χ4n) is 2.27. The minimum Gasteiger partial charge on any atom is -0.497 e. The Morgan fingerprint density at radius 1 is 1.53 bits per heavy atom. The molecule has 0 amide bonds. The SMILES string of the molecule is COc1ccc(N(C)CC2CCCN2)c(Cl)c1. The van der Waals surface area contributed by atoms with Gasteiger partial charge in [0.1, 0.15) is 5.75 Å². The number of rotatable bonds is 4. The van der Waals surface area contributed by atoms with Crippen LogP contribution in [0.1, 0.15) is 12.8 Å². The Bertz CT molecular complexity index is 378. The average Bonchev–Trinajstić information content (AvgIpc) is 2.81. The molecule has 1 atom stereocenters. The van der Waals surface area contributed by atoms with E-state index in [1.807, 2.05) is 18.2 Å². The molecule has 0 radical (unpaired) electrons. The number of hydrogen-bond donors (Lipinski definition) is 1. The van der Waals surface area contributed by atoms with Crippen molar-refractivity contribution in [1.29, 1.82) is 0 Å². The van der Waals surface area contributed by atoms with E-state index in [0.29, 0.717) is 6.04 Å². The van der Waals surface area contributed by atoms with Gasteiger partial charge >= 0.3 is 0 Å². The maximum absolute atomic E-state index is 6.25. The number of benzene rings is 1. The van der Waals surface area contributed by atoms with Crippen LogP contribution in [0.3, 0.4) is 0 Å². The van der Waals surface area contributed by atoms with E-state index in [4.69, 9.17) is 16.3 Å². The van der Waals surface area contributed by atoms with Gasteiger partial charge < -0.3 is 15.0 Å². The fourth-order valence-corrected chi connectivity index (χ4v) is 2.58. The smallest absolute Gasteiger partial charge is 0.120 e. The second-order valence-corrected chi connectivity index (χ2v) is 4.90. The highest BCUT2D eigenvalue weighted by molar-refractivity contribution is 6.33. The number of nitrogens with one attached hydrogen (secondary N) is 1. The van der Waals surface area contributed by atoms with Crippen molar-refractivity contribution in [3.05, 3.63) is 23.2 Å². The molecule has 1 aliphatic rings. The predicted octanol–water partition coefficient (Wildman–Crippen LogP) is 2.54. The zero-order valence-corrected chi connectivity index (χ0v) is 11.1. The zero-order chi connectivity index (χ0) is 12.3. The topological polar surface area (TPSA) is 24.5 Å². The van der Waals surface area contributed by atoms with E-state index in [-0.39, 0.29) is 0 Å². The van der Waals surface area contributed by atoms with Crippen molar-refractivity contribution in [1.82, 2.24) is 5.32 Å². The van der Waals surface area contributed by atoms with Gasteiger partial charge in [-0.15, -0.1) is 0 Å². The van der Waals surface area contributed by atoms with Crippen LogP contribution in [0, 0.1) is 0 Å². The van der Waals surface area contributed by atoms with Crippen molar-refractivity contribution in [3.8, 4) is 5.75 Å². The lowest BCUT2D eigenvalue weighted by molar-refractivity contribution is 0.415. The van der Waals surface area contributed by atoms with E-state index < -0.39 is 0 Å². The molecular formula is C13H19ClN2O. The number of hydrogen-bond acceptors (Lipinski definition) is 3. The number of halogens is 1. The molecule has 0 aliphatic carbocycles. The fraction of sp³-hybridized carbons (Fsp3) is 0.538. The third-order valence-electron chi connectivity index (χ3n) is 3.22. The van der Waals surface area contributed by atoms with Gasteiger partial charge in [-0.3, -0.25) is 0 Å². The molecule has 1 unspecified atom stereocenters. The van der Waals surface area contributed by atoms with E-state index in [2.05, 4.69) is 17.3 Å². The molecule has 1 saturated heterocycles. The molecule has 0 spiro atoms. The first-order chi connectivity index (χ1) is 8.20. The number of ether oxygens (including phenoxy) is 1. The van der Waals surface area contributed by atoms with Crippen molar-refractivity contribution in [2.24, 2.45) is 0 Å². The third-order valence-corrected chi connectivity index (χ3v) is 3.53. The lowest BCUT2D eigenvalue weighted by Crippen LogP contribution is -2.35. The van der Waals surface area contributed by atoms with Crippen LogP contribution < -0.4 is 15.0 Å². The van der Waals surface area contributed by atoms with Crippen LogP contribution in [0.5, 0.6) is 5.75 Å². The van der Waals surface area contributed by atoms with Crippen molar-refractivity contribution in [2.45, 2.75) is 18.9 Å². The molecule has 1 N–H and O–H groups in total. The van der Waals surface area contributed by atoms with Gasteiger partial charge in [0.15, 0.2) is 0 Å². The summed E-state index contributed by atoms with van der Waals surface area (Å²) in [6.45, 7) is 2.13. The van der Waals surface area contributed by atoms with E-state index in [1.165, 1.54) is 12.8 Å². The monoisotopic (exact) mass is 254 g/mol. The largest absolute Gasteiger partial charge is 0.497 e. The molecule has 1 heterocycles. The lowest BCUT2D eigenvalue weighted by atomic mass is 10.2. The molecule has 17 heavy (non-hydrogen) atoms. The Kier molecular flexibility index (Phi) is 4.13. The van der Waals surface area contributed by atoms with Gasteiger partial charge in [-0.1, -0.05) is 11.6 Å². The van der Waals surface area contributed by atoms with Crippen molar-refractivity contribution in [2.75, 3.05) is 32.1 Å². The van der Waals surface area contributed by atoms with Crippen LogP contribution in [0.2, 0.25) is 5.02 Å². The highest BCUT2D eigenvalue weighted by Crippen LogP contribution is 2.29. The molecule has 0 saturated carbocycles. The molecule has 3 nitrogen and oxygen atoms in total. The Labute approximate surface area is 108 Å². The first kappa shape index (κ1) is 12.5. The third kappa shape index (κ3) is 3.05. The standard InChI is InChI=1S/C13H19ClN2O/c1-16(9-10-4-3-7-15-10)13-6-5-11(17-2)8-12(13)14/h5-6,8,10,15H,3-4,7,9H2,1-2H3. The molecule has 2 rings (SSSR count). The first-order valence-corrected chi connectivity index (χ1v) is 6.36. The van der Waals surface area contributed by atoms with E-state index >= 15 is 0 Å². The van der Waals surface area contributed by atoms with Gasteiger partial charge in [0, 0.05) is 25.7 Å². The first-order valence-electron chi connectivity index (χ1n) is 5.99. The predicted molar refractivity (Wildman–Crippen MR) is 72.3 cm³/mol. The molecule has 94 valence electrons. The van der Waals surface area contributed by atoms with Crippen LogP contribution in [-0.4, -0.2) is 33.3 Å². The average molecular weight is 255 g/mol. The second kappa shape index (κ2) is 5.61. The maximum Gasteiger partial charge on any atom is 0.120 e. The molecule has 1 fully saturated rings. The minimum absolute atomic E-state index is 0.582. The lowest BCUT2D eigenvalue weighted by Gasteiger charge is -2.24. The van der Waals surface area contributed by atoms with Crippen LogP contribution in [0.25, 0.3) is 0 Å². The van der Waals surface area contributed by atoms with Gasteiger partial charge in [-0.05, 0) is 31.5 Å². The van der Waals surface area contributed by atoms with Crippen molar-refractivity contribution < 1.29 is 4.74 Å². The second-order valence-electron chi connectivity index (χ2n) is 4.49. The van der Waals surface area contributed by atoms with Crippen LogP contribution in [0.15, 0.2) is 18.2 Å². The summed E-state index contributed by atoms with van der Waals surface area (Å²) in [6.07, 6.45) is 2.52. The Morgan fingerprint density at radius 2 is 2.35 bits per heavy atom. The van der Waals surface area contributed by atoms with E-state index in [9.17, 15) is 0 Å². The summed E-state index contributed by atoms with van der Waals surface area (Å²) in [5.74, 6) is 0.797. The van der Waals surface area contributed by atoms with Crippen LogP contribution in [-0.2, 0) is 0 Å². The molecule has 0 bridgehead atoms. The summed E-state index contributed by atoms with van der Waals surface area (Å²) in [5.41, 5.74) is 1.06. The highest BCUT2D eigenvalue weighted by atomic mass is 35.5. The Morgan fingerprint density at radius 3 is 2.94 bits per heavy atom. The maximum atomic E-state index is 6.25. The van der Waals surface area contributed by atoms with Gasteiger partial charge in [0.05, 0.1) is 17.8 Å². The summed E-state index contributed by atoms with van der Waals surface area (Å²) < 4.78 is 5.15. The summed E-state index contributed by atoms with van der Waals surface area (Å²) in [4.78, 5) is 2.20. The van der Waals surface area contributed by atoms with Gasteiger partial charge in [-0.25, -0.2) is 0 Å². The molecule has 1 aromatic carbocycles. The van der Waals surface area contributed by atoms with Crippen LogP contribution in [0.4, 0.5) is 5.69 Å². The Balaban J connectivity index is 2.04. The number of nitrogens with zero attached hydrogens (tertiary/aromatic N) is 1. The summed E-state index contributed by atoms with van der Waals surface area (Å²) in [7, 11) is 3.73. The quantitative estimate of drug-likeness (QED) is 0.894. The number of likely N-dealkylation sites (N-methyl/N-ethyl adjacent to an activating group) is 1. The van der Waals surface area contributed by atoms with Crippen LogP contribution >= 0.6 is 11.6 Å². The molecule has 1 aliphatic heterocycles. The zero-order valence-electron chi connectivity index (χ0n) is 10.4. The molecule has 1 aromatic rings. The van der Waals surface area contributed by atoms with Crippen molar-refractivity contribution in [3.63, 3.8) is 0 Å². The van der Waals surface area contributed by atoms with Gasteiger partial charge in [0.25, 0.3) is 0 Å². The molecule has 0 aromatic heterocycles.